The van der Waals surface area contributed by atoms with Gasteiger partial charge >= 0.3 is 40.5 Å². The number of halogens is 2. The van der Waals surface area contributed by atoms with Crippen molar-refractivity contribution in [1.82, 2.24) is 0 Å². The van der Waals surface area contributed by atoms with Gasteiger partial charge in [0.05, 0.1) is 0 Å². The van der Waals surface area contributed by atoms with Crippen molar-refractivity contribution in [3.63, 3.8) is 0 Å². The SMILES string of the molecule is CCC.[Br][Zn][Br]. The van der Waals surface area contributed by atoms with Crippen molar-refractivity contribution in [1.29, 1.82) is 0 Å². The molecule has 0 spiro atoms. The fourth-order valence-electron chi connectivity index (χ4n) is 0. The van der Waals surface area contributed by atoms with Crippen LogP contribution in [0.5, 0.6) is 0 Å². The molecular weight excluding hydrogens is 261 g/mol. The second kappa shape index (κ2) is 16.0. The van der Waals surface area contributed by atoms with Gasteiger partial charge in [-0.3, -0.25) is 0 Å². The zero-order chi connectivity index (χ0) is 5.41. The standard InChI is InChI=1S/C3H8.2BrH.Zn/c1-3-2;;;/h3H2,1-2H3;2*1H;/q;;;+2/p-2. The monoisotopic (exact) mass is 266 g/mol. The van der Waals surface area contributed by atoms with Gasteiger partial charge in [0.15, 0.2) is 0 Å². The molecule has 0 aromatic heterocycles. The molecule has 36 valence electrons. The summed E-state index contributed by atoms with van der Waals surface area (Å²) in [5.41, 5.74) is 0. The Bertz CT molecular complexity index is 10.8. The van der Waals surface area contributed by atoms with Crippen LogP contribution in [0.25, 0.3) is 0 Å². The third kappa shape index (κ3) is 46.8. The van der Waals surface area contributed by atoms with Gasteiger partial charge in [-0.15, -0.1) is 0 Å². The van der Waals surface area contributed by atoms with E-state index in [1.165, 1.54) is 6.42 Å². The molecule has 0 aromatic rings. The Morgan fingerprint density at radius 2 is 1.33 bits per heavy atom. The predicted octanol–water partition coefficient (Wildman–Crippen LogP) is 3.11. The van der Waals surface area contributed by atoms with E-state index in [0.717, 1.165) is 0 Å². The Hall–Kier alpha value is 1.58. The van der Waals surface area contributed by atoms with Crippen LogP contribution in [-0.2, 0) is 13.2 Å². The van der Waals surface area contributed by atoms with E-state index in [9.17, 15) is 0 Å². The normalized spacial score (nSPS) is 4.67. The summed E-state index contributed by atoms with van der Waals surface area (Å²) < 4.78 is 0. The van der Waals surface area contributed by atoms with Gasteiger partial charge in [0.25, 0.3) is 0 Å². The Labute approximate surface area is 60.4 Å². The van der Waals surface area contributed by atoms with E-state index >= 15 is 0 Å². The van der Waals surface area contributed by atoms with Gasteiger partial charge in [-0.25, -0.2) is 0 Å². The predicted molar refractivity (Wildman–Crippen MR) is 33.8 cm³/mol. The van der Waals surface area contributed by atoms with Crippen LogP contribution >= 0.6 is 27.2 Å². The number of hydrogen-bond acceptors (Lipinski definition) is 0. The van der Waals surface area contributed by atoms with Gasteiger partial charge in [0.1, 0.15) is 0 Å². The average Bonchev–Trinajstić information content (AvgIpc) is 1.39. The molecule has 3 heteroatoms. The van der Waals surface area contributed by atoms with E-state index in [2.05, 4.69) is 41.1 Å². The molecule has 0 aromatic carbocycles. The first kappa shape index (κ1) is 10.5. The Morgan fingerprint density at radius 1 is 1.33 bits per heavy atom. The first-order valence-electron chi connectivity index (χ1n) is 1.95. The molecule has 0 aliphatic rings. The summed E-state index contributed by atoms with van der Waals surface area (Å²) in [5.74, 6) is 0. The molecule has 0 bridgehead atoms. The molecule has 0 aliphatic heterocycles. The van der Waals surface area contributed by atoms with E-state index in [1.54, 1.807) is 0 Å². The molecule has 0 radical (unpaired) electrons. The van der Waals surface area contributed by atoms with Crippen LogP contribution in [0, 0.1) is 0 Å². The second-order valence-electron chi connectivity index (χ2n) is 0.808. The van der Waals surface area contributed by atoms with E-state index in [4.69, 9.17) is 0 Å². The van der Waals surface area contributed by atoms with E-state index < -0.39 is 0 Å². The molecule has 0 saturated carbocycles. The summed E-state index contributed by atoms with van der Waals surface area (Å²) in [5, 5.41) is 0. The minimum atomic E-state index is -0.250. The third-order valence-electron chi connectivity index (χ3n) is 0. The maximum atomic E-state index is 3.25. The van der Waals surface area contributed by atoms with Crippen molar-refractivity contribution in [2.24, 2.45) is 0 Å². The third-order valence-corrected chi connectivity index (χ3v) is 0. The summed E-state index contributed by atoms with van der Waals surface area (Å²) in [6, 6.07) is 0. The van der Waals surface area contributed by atoms with E-state index in [0.29, 0.717) is 0 Å². The molecule has 0 N–H and O–H groups in total. The van der Waals surface area contributed by atoms with Crippen molar-refractivity contribution >= 4 is 27.2 Å². The summed E-state index contributed by atoms with van der Waals surface area (Å²) >= 11 is 6.25. The summed E-state index contributed by atoms with van der Waals surface area (Å²) in [6.07, 6.45) is 1.25. The van der Waals surface area contributed by atoms with Gasteiger partial charge in [-0.05, 0) is 0 Å². The van der Waals surface area contributed by atoms with E-state index in [1.807, 2.05) is 0 Å². The second-order valence-corrected chi connectivity index (χ2v) is 14.9. The molecule has 6 heavy (non-hydrogen) atoms. The molecule has 0 amide bonds. The zero-order valence-electron chi connectivity index (χ0n) is 4.17. The first-order valence-corrected chi connectivity index (χ1v) is 15.8. The van der Waals surface area contributed by atoms with Crippen LogP contribution in [0.4, 0.5) is 0 Å². The van der Waals surface area contributed by atoms with Gasteiger partial charge in [-0.2, -0.15) is 0 Å². The molecule has 0 rings (SSSR count). The summed E-state index contributed by atoms with van der Waals surface area (Å²) in [6.45, 7) is 4.25. The quantitative estimate of drug-likeness (QED) is 0.593. The number of hydrogen-bond donors (Lipinski definition) is 0. The van der Waals surface area contributed by atoms with Crippen molar-refractivity contribution in [2.45, 2.75) is 20.3 Å². The van der Waals surface area contributed by atoms with Crippen LogP contribution in [-0.4, -0.2) is 0 Å². The number of rotatable bonds is 0. The topological polar surface area (TPSA) is 0 Å². The maximum absolute atomic E-state index is 3.25. The van der Waals surface area contributed by atoms with Crippen LogP contribution in [0.2, 0.25) is 0 Å². The van der Waals surface area contributed by atoms with Crippen LogP contribution in [0.15, 0.2) is 0 Å². The van der Waals surface area contributed by atoms with Crippen molar-refractivity contribution in [3.8, 4) is 0 Å². The Balaban J connectivity index is 0. The Morgan fingerprint density at radius 3 is 1.33 bits per heavy atom. The van der Waals surface area contributed by atoms with Crippen molar-refractivity contribution in [2.75, 3.05) is 0 Å². The van der Waals surface area contributed by atoms with Gasteiger partial charge in [0.2, 0.25) is 0 Å². The molecule has 0 fully saturated rings. The van der Waals surface area contributed by atoms with Crippen molar-refractivity contribution < 1.29 is 13.2 Å². The van der Waals surface area contributed by atoms with Gasteiger partial charge in [0, 0.05) is 0 Å². The average molecular weight is 269 g/mol. The molecule has 0 atom stereocenters. The fourth-order valence-corrected chi connectivity index (χ4v) is 0. The summed E-state index contributed by atoms with van der Waals surface area (Å²) in [7, 11) is 0. The van der Waals surface area contributed by atoms with Gasteiger partial charge in [-0.1, -0.05) is 20.3 Å². The van der Waals surface area contributed by atoms with Gasteiger partial charge < -0.3 is 0 Å². The molecule has 0 unspecified atom stereocenters. The van der Waals surface area contributed by atoms with Crippen molar-refractivity contribution in [3.05, 3.63) is 0 Å². The van der Waals surface area contributed by atoms with Crippen LogP contribution in [0.3, 0.4) is 0 Å². The zero-order valence-corrected chi connectivity index (χ0v) is 10.3. The fraction of sp³-hybridized carbons (Fsp3) is 1.00. The molecule has 0 aliphatic carbocycles. The minimum absolute atomic E-state index is 0.250. The molecule has 0 heterocycles. The molecule has 0 saturated heterocycles. The molecular formula is C3H8Br2Zn. The first-order chi connectivity index (χ1) is 2.83. The Kier molecular flexibility index (Phi) is 28.1. The molecule has 0 nitrogen and oxygen atoms in total. The summed E-state index contributed by atoms with van der Waals surface area (Å²) in [4.78, 5) is 0. The van der Waals surface area contributed by atoms with Crippen LogP contribution < -0.4 is 0 Å². The van der Waals surface area contributed by atoms with E-state index in [-0.39, 0.29) is 13.2 Å². The van der Waals surface area contributed by atoms with Crippen LogP contribution in [0.1, 0.15) is 20.3 Å².